The van der Waals surface area contributed by atoms with Gasteiger partial charge in [0.15, 0.2) is 5.56 Å². The highest BCUT2D eigenvalue weighted by atomic mass is 16.6. The van der Waals surface area contributed by atoms with E-state index in [1.807, 2.05) is 27.7 Å². The minimum absolute atomic E-state index is 0.0619. The molecule has 1 aliphatic carbocycles. The molecule has 28 heavy (non-hydrogen) atoms. The van der Waals surface area contributed by atoms with Crippen molar-refractivity contribution in [3.63, 3.8) is 0 Å². The molecule has 2 aromatic rings. The number of amides is 1. The summed E-state index contributed by atoms with van der Waals surface area (Å²) in [7, 11) is 0. The van der Waals surface area contributed by atoms with Gasteiger partial charge in [-0.2, -0.15) is 9.61 Å². The van der Waals surface area contributed by atoms with Crippen molar-refractivity contribution in [2.75, 3.05) is 6.61 Å². The Labute approximate surface area is 163 Å². The molecule has 0 bridgehead atoms. The number of oxime groups is 1. The summed E-state index contributed by atoms with van der Waals surface area (Å²) in [6, 6.07) is 1.72. The van der Waals surface area contributed by atoms with Crippen molar-refractivity contribution in [3.05, 3.63) is 27.7 Å². The van der Waals surface area contributed by atoms with Crippen LogP contribution < -0.4 is 10.9 Å². The third-order valence-corrected chi connectivity index (χ3v) is 4.33. The van der Waals surface area contributed by atoms with Crippen LogP contribution in [-0.2, 0) is 11.4 Å². The van der Waals surface area contributed by atoms with E-state index in [9.17, 15) is 14.7 Å². The van der Waals surface area contributed by atoms with Gasteiger partial charge in [0.2, 0.25) is 5.88 Å². The summed E-state index contributed by atoms with van der Waals surface area (Å²) in [6.45, 7) is 10.3. The Morgan fingerprint density at radius 2 is 2.11 bits per heavy atom. The fourth-order valence-electron chi connectivity index (χ4n) is 2.86. The average molecular weight is 389 g/mol. The minimum atomic E-state index is -0.661. The highest BCUT2D eigenvalue weighted by Crippen LogP contribution is 2.26. The molecule has 0 atom stereocenters. The molecule has 1 saturated carbocycles. The smallest absolute Gasteiger partial charge is 0.291 e. The first-order chi connectivity index (χ1) is 13.1. The number of nitrogens with zero attached hydrogens (tertiary/aromatic N) is 4. The number of carbonyl (C=O) groups excluding carboxylic acids is 1. The number of hydrogen-bond donors (Lipinski definition) is 2. The Hall–Kier alpha value is -2.84. The van der Waals surface area contributed by atoms with Gasteiger partial charge in [0.25, 0.3) is 11.5 Å². The fourth-order valence-corrected chi connectivity index (χ4v) is 2.86. The molecule has 9 heteroatoms. The lowest BCUT2D eigenvalue weighted by Gasteiger charge is -2.23. The second-order valence-electron chi connectivity index (χ2n) is 8.29. The maximum atomic E-state index is 13.0. The van der Waals surface area contributed by atoms with E-state index in [0.29, 0.717) is 30.2 Å². The predicted molar refractivity (Wildman–Crippen MR) is 105 cm³/mol. The van der Waals surface area contributed by atoms with Crippen LogP contribution in [-0.4, -0.2) is 43.6 Å². The number of nitrogens with one attached hydrogen (secondary N) is 1. The van der Waals surface area contributed by atoms with Crippen LogP contribution in [0.25, 0.3) is 5.65 Å². The monoisotopic (exact) mass is 389 g/mol. The molecular weight excluding hydrogens is 362 g/mol. The Balaban J connectivity index is 2.21. The van der Waals surface area contributed by atoms with Crippen LogP contribution in [0, 0.1) is 5.41 Å². The topological polar surface area (TPSA) is 110 Å². The van der Waals surface area contributed by atoms with Gasteiger partial charge in [-0.05, 0) is 32.1 Å². The Bertz CT molecular complexity index is 992. The number of fused-ring (bicyclic) bond motifs is 1. The quantitative estimate of drug-likeness (QED) is 0.579. The van der Waals surface area contributed by atoms with Crippen molar-refractivity contribution in [2.45, 2.75) is 60.0 Å². The predicted octanol–water partition coefficient (Wildman–Crippen LogP) is 1.90. The summed E-state index contributed by atoms with van der Waals surface area (Å²) >= 11 is 0. The van der Waals surface area contributed by atoms with Gasteiger partial charge >= 0.3 is 0 Å². The first kappa shape index (κ1) is 19.9. The Morgan fingerprint density at radius 1 is 1.43 bits per heavy atom. The molecule has 9 nitrogen and oxygen atoms in total. The van der Waals surface area contributed by atoms with Gasteiger partial charge in [-0.1, -0.05) is 25.9 Å². The maximum absolute atomic E-state index is 13.0. The number of rotatable bonds is 6. The zero-order chi connectivity index (χ0) is 20.6. The molecule has 2 aromatic heterocycles. The molecular formula is C19H27N5O4. The molecule has 0 spiro atoms. The second-order valence-corrected chi connectivity index (χ2v) is 8.29. The van der Waals surface area contributed by atoms with Gasteiger partial charge in [0, 0.05) is 18.7 Å². The Kier molecular flexibility index (Phi) is 5.18. The summed E-state index contributed by atoms with van der Waals surface area (Å²) in [5, 5.41) is 21.9. The molecule has 1 amide bonds. The van der Waals surface area contributed by atoms with E-state index in [4.69, 9.17) is 4.84 Å². The lowest BCUT2D eigenvalue weighted by Crippen LogP contribution is -2.35. The number of aromatic hydroxyl groups is 1. The van der Waals surface area contributed by atoms with Crippen molar-refractivity contribution in [1.82, 2.24) is 19.5 Å². The van der Waals surface area contributed by atoms with Crippen molar-refractivity contribution >= 4 is 17.3 Å². The van der Waals surface area contributed by atoms with Crippen molar-refractivity contribution < 1.29 is 14.7 Å². The largest absolute Gasteiger partial charge is 0.494 e. The van der Waals surface area contributed by atoms with Crippen LogP contribution in [0.2, 0.25) is 0 Å². The second kappa shape index (κ2) is 7.29. The molecule has 2 N–H and O–H groups in total. The van der Waals surface area contributed by atoms with Crippen LogP contribution in [0.5, 0.6) is 5.88 Å². The van der Waals surface area contributed by atoms with E-state index in [-0.39, 0.29) is 22.9 Å². The molecule has 152 valence electrons. The van der Waals surface area contributed by atoms with E-state index in [1.165, 1.54) is 0 Å². The molecule has 0 saturated heterocycles. The van der Waals surface area contributed by atoms with E-state index in [2.05, 4.69) is 15.6 Å². The summed E-state index contributed by atoms with van der Waals surface area (Å²) < 4.78 is 2.70. The van der Waals surface area contributed by atoms with Crippen LogP contribution >= 0.6 is 0 Å². The van der Waals surface area contributed by atoms with Gasteiger partial charge < -0.3 is 15.3 Å². The van der Waals surface area contributed by atoms with Gasteiger partial charge in [-0.3, -0.25) is 14.2 Å². The fraction of sp³-hybridized carbons (Fsp3) is 0.579. The summed E-state index contributed by atoms with van der Waals surface area (Å²) in [4.78, 5) is 30.6. The molecule has 1 fully saturated rings. The van der Waals surface area contributed by atoms with Gasteiger partial charge in [-0.15, -0.1) is 0 Å². The van der Waals surface area contributed by atoms with Crippen LogP contribution in [0.15, 0.2) is 16.0 Å². The van der Waals surface area contributed by atoms with E-state index >= 15 is 0 Å². The first-order valence-corrected chi connectivity index (χ1v) is 9.45. The zero-order valence-corrected chi connectivity index (χ0v) is 16.9. The lowest BCUT2D eigenvalue weighted by atomic mass is 9.96. The van der Waals surface area contributed by atoms with Crippen LogP contribution in [0.4, 0.5) is 0 Å². The number of carbonyl (C=O) groups is 1. The van der Waals surface area contributed by atoms with E-state index < -0.39 is 11.5 Å². The highest BCUT2D eigenvalue weighted by Gasteiger charge is 2.30. The average Bonchev–Trinajstić information content (AvgIpc) is 3.29. The van der Waals surface area contributed by atoms with Crippen molar-refractivity contribution in [3.8, 4) is 5.88 Å². The molecule has 0 aliphatic heterocycles. The van der Waals surface area contributed by atoms with E-state index in [1.54, 1.807) is 17.6 Å². The summed E-state index contributed by atoms with van der Waals surface area (Å²) in [5.41, 5.74) is 0.157. The third-order valence-electron chi connectivity index (χ3n) is 4.33. The third kappa shape index (κ3) is 4.02. The number of aromatic nitrogens is 3. The SMILES string of the molecule is CCON=C(C)c1cc2n(CC(C)(C)C)c(O)c(C(=O)NC3CC3)c(=O)n2n1. The number of hydrogen-bond acceptors (Lipinski definition) is 6. The van der Waals surface area contributed by atoms with Crippen LogP contribution in [0.3, 0.4) is 0 Å². The van der Waals surface area contributed by atoms with Gasteiger partial charge in [-0.25, -0.2) is 0 Å². The first-order valence-electron chi connectivity index (χ1n) is 9.45. The van der Waals surface area contributed by atoms with Crippen molar-refractivity contribution in [1.29, 1.82) is 0 Å². The standard InChI is InChI=1S/C19H27N5O4/c1-6-28-22-11(2)13-9-14-23(10-19(3,4)5)17(26)15(18(27)24(14)21-13)16(25)20-12-7-8-12/h9,12,26H,6-8,10H2,1-5H3,(H,20,25). The van der Waals surface area contributed by atoms with Crippen molar-refractivity contribution in [2.24, 2.45) is 10.6 Å². The molecule has 0 aromatic carbocycles. The van der Waals surface area contributed by atoms with E-state index in [0.717, 1.165) is 17.4 Å². The summed E-state index contributed by atoms with van der Waals surface area (Å²) in [5.74, 6) is -0.928. The van der Waals surface area contributed by atoms with Gasteiger partial charge in [0.1, 0.15) is 23.7 Å². The minimum Gasteiger partial charge on any atom is -0.494 e. The van der Waals surface area contributed by atoms with Gasteiger partial charge in [0.05, 0.1) is 0 Å². The Morgan fingerprint density at radius 3 is 2.68 bits per heavy atom. The van der Waals surface area contributed by atoms with Crippen LogP contribution in [0.1, 0.15) is 63.5 Å². The maximum Gasteiger partial charge on any atom is 0.291 e. The molecule has 1 aliphatic rings. The molecule has 3 rings (SSSR count). The molecule has 2 heterocycles. The lowest BCUT2D eigenvalue weighted by molar-refractivity contribution is 0.0944. The molecule has 0 unspecified atom stereocenters. The summed E-state index contributed by atoms with van der Waals surface area (Å²) in [6.07, 6.45) is 1.76. The zero-order valence-electron chi connectivity index (χ0n) is 16.9. The highest BCUT2D eigenvalue weighted by molar-refractivity contribution is 5.98. The molecule has 0 radical (unpaired) electrons. The normalized spacial score (nSPS) is 15.1.